The molecule has 0 aliphatic carbocycles. The standard InChI is InChI=1S/C30H42N6O6S/c1-19-26(43-18-32-19)21-7-5-20(6-8-21)14-31-28(41)23-13-22(37)15-36(23)29(42)27(30(2,3)4)33-24(38)16-34-9-11-35(12-10-34)17-25(39)40/h5-8,18,22-23,27,37H,9-17H2,1-4H3,(H,31,41)(H,33,38)(H,39,40)/t22-,23+,27-/m1/s1. The van der Waals surface area contributed by atoms with E-state index in [-0.39, 0.29) is 44.4 Å². The first-order chi connectivity index (χ1) is 20.3. The number of likely N-dealkylation sites (tertiary alicyclic amines) is 1. The third-order valence-corrected chi connectivity index (χ3v) is 8.88. The minimum absolute atomic E-state index is 0.00774. The smallest absolute Gasteiger partial charge is 0.317 e. The fourth-order valence-electron chi connectivity index (χ4n) is 5.49. The predicted molar refractivity (Wildman–Crippen MR) is 162 cm³/mol. The Morgan fingerprint density at radius 2 is 1.67 bits per heavy atom. The van der Waals surface area contributed by atoms with E-state index in [9.17, 15) is 24.3 Å². The maximum atomic E-state index is 13.8. The van der Waals surface area contributed by atoms with Crippen molar-refractivity contribution in [3.05, 3.63) is 41.0 Å². The van der Waals surface area contributed by atoms with E-state index in [1.54, 1.807) is 11.3 Å². The van der Waals surface area contributed by atoms with Crippen molar-refractivity contribution in [2.45, 2.75) is 58.8 Å². The van der Waals surface area contributed by atoms with Gasteiger partial charge in [-0.25, -0.2) is 4.98 Å². The Kier molecular flexibility index (Phi) is 10.5. The number of aliphatic hydroxyl groups excluding tert-OH is 1. The van der Waals surface area contributed by atoms with Crippen LogP contribution in [0.3, 0.4) is 0 Å². The summed E-state index contributed by atoms with van der Waals surface area (Å²) in [6, 6.07) is 6.10. The molecule has 2 aromatic rings. The van der Waals surface area contributed by atoms with Crippen molar-refractivity contribution < 1.29 is 29.4 Å². The van der Waals surface area contributed by atoms with E-state index in [1.165, 1.54) is 4.90 Å². The lowest BCUT2D eigenvalue weighted by atomic mass is 9.85. The molecule has 0 saturated carbocycles. The number of carbonyl (C=O) groups excluding carboxylic acids is 3. The number of aryl methyl sites for hydroxylation is 1. The van der Waals surface area contributed by atoms with Crippen LogP contribution in [0.1, 0.15) is 38.4 Å². The number of carboxylic acid groups (broad SMARTS) is 1. The monoisotopic (exact) mass is 614 g/mol. The molecule has 234 valence electrons. The topological polar surface area (TPSA) is 155 Å². The van der Waals surface area contributed by atoms with Crippen LogP contribution in [-0.4, -0.2) is 118 Å². The number of rotatable bonds is 10. The highest BCUT2D eigenvalue weighted by molar-refractivity contribution is 7.13. The molecule has 13 heteroatoms. The first kappa shape index (κ1) is 32.5. The molecule has 2 fully saturated rings. The van der Waals surface area contributed by atoms with E-state index in [0.29, 0.717) is 26.2 Å². The molecule has 0 spiro atoms. The second kappa shape index (κ2) is 13.9. The Hall–Kier alpha value is -3.39. The van der Waals surface area contributed by atoms with Crippen molar-refractivity contribution in [3.8, 4) is 10.4 Å². The number of hydrogen-bond donors (Lipinski definition) is 4. The van der Waals surface area contributed by atoms with E-state index < -0.39 is 35.5 Å². The normalized spacial score (nSPS) is 20.5. The van der Waals surface area contributed by atoms with Gasteiger partial charge in [0.05, 0.1) is 35.3 Å². The average molecular weight is 615 g/mol. The zero-order valence-corrected chi connectivity index (χ0v) is 26.0. The number of hydrogen-bond acceptors (Lipinski definition) is 9. The molecule has 4 N–H and O–H groups in total. The number of nitrogens with one attached hydrogen (secondary N) is 2. The summed E-state index contributed by atoms with van der Waals surface area (Å²) in [4.78, 5) is 61.6. The van der Waals surface area contributed by atoms with Crippen molar-refractivity contribution in [2.24, 2.45) is 5.41 Å². The number of nitrogens with zero attached hydrogens (tertiary/aromatic N) is 4. The van der Waals surface area contributed by atoms with Gasteiger partial charge in [0.15, 0.2) is 0 Å². The van der Waals surface area contributed by atoms with E-state index in [4.69, 9.17) is 5.11 Å². The van der Waals surface area contributed by atoms with Gasteiger partial charge in [-0.15, -0.1) is 11.3 Å². The number of carbonyl (C=O) groups is 4. The third kappa shape index (κ3) is 8.59. The largest absolute Gasteiger partial charge is 0.480 e. The van der Waals surface area contributed by atoms with Crippen LogP contribution in [0.5, 0.6) is 0 Å². The molecule has 2 saturated heterocycles. The third-order valence-electron chi connectivity index (χ3n) is 7.90. The molecule has 3 heterocycles. The van der Waals surface area contributed by atoms with Crippen molar-refractivity contribution in [1.82, 2.24) is 30.3 Å². The minimum atomic E-state index is -0.906. The first-order valence-electron chi connectivity index (χ1n) is 14.5. The van der Waals surface area contributed by atoms with Crippen LogP contribution in [0.25, 0.3) is 10.4 Å². The molecule has 4 rings (SSSR count). The molecule has 0 unspecified atom stereocenters. The van der Waals surface area contributed by atoms with Crippen LogP contribution in [0.2, 0.25) is 0 Å². The van der Waals surface area contributed by atoms with Crippen LogP contribution < -0.4 is 10.6 Å². The summed E-state index contributed by atoms with van der Waals surface area (Å²) < 4.78 is 0. The summed E-state index contributed by atoms with van der Waals surface area (Å²) in [6.45, 7) is 10.0. The number of piperazine rings is 1. The Bertz CT molecular complexity index is 1300. The Labute approximate surface area is 256 Å². The van der Waals surface area contributed by atoms with Crippen LogP contribution in [0.15, 0.2) is 29.8 Å². The summed E-state index contributed by atoms with van der Waals surface area (Å²) in [5, 5.41) is 25.2. The summed E-state index contributed by atoms with van der Waals surface area (Å²) in [5.74, 6) is -1.97. The van der Waals surface area contributed by atoms with Gasteiger partial charge in [-0.3, -0.25) is 29.0 Å². The van der Waals surface area contributed by atoms with Crippen LogP contribution in [-0.2, 0) is 25.7 Å². The highest BCUT2D eigenvalue weighted by atomic mass is 32.1. The molecular weight excluding hydrogens is 572 g/mol. The van der Waals surface area contributed by atoms with E-state index in [2.05, 4.69) is 15.6 Å². The number of amides is 3. The van der Waals surface area contributed by atoms with Gasteiger partial charge < -0.3 is 25.7 Å². The van der Waals surface area contributed by atoms with Gasteiger partial charge in [-0.1, -0.05) is 45.0 Å². The summed E-state index contributed by atoms with van der Waals surface area (Å²) in [7, 11) is 0. The summed E-state index contributed by atoms with van der Waals surface area (Å²) >= 11 is 1.57. The Morgan fingerprint density at radius 1 is 1.05 bits per heavy atom. The van der Waals surface area contributed by atoms with E-state index in [0.717, 1.165) is 21.7 Å². The maximum Gasteiger partial charge on any atom is 0.317 e. The number of aromatic nitrogens is 1. The zero-order chi connectivity index (χ0) is 31.3. The number of carboxylic acids is 1. The summed E-state index contributed by atoms with van der Waals surface area (Å²) in [5.41, 5.74) is 4.09. The molecule has 2 aliphatic heterocycles. The van der Waals surface area contributed by atoms with Crippen LogP contribution in [0.4, 0.5) is 0 Å². The fourth-order valence-corrected chi connectivity index (χ4v) is 6.30. The molecular formula is C30H42N6O6S. The first-order valence-corrected chi connectivity index (χ1v) is 15.4. The number of benzene rings is 1. The average Bonchev–Trinajstić information content (AvgIpc) is 3.56. The number of aliphatic carboxylic acids is 1. The molecule has 0 radical (unpaired) electrons. The quantitative estimate of drug-likeness (QED) is 0.306. The van der Waals surface area contributed by atoms with Gasteiger partial charge in [0, 0.05) is 45.7 Å². The molecule has 1 aromatic heterocycles. The predicted octanol–water partition coefficient (Wildman–Crippen LogP) is 0.930. The molecule has 3 atom stereocenters. The van der Waals surface area contributed by atoms with E-state index in [1.807, 2.05) is 67.3 Å². The van der Waals surface area contributed by atoms with E-state index >= 15 is 0 Å². The zero-order valence-electron chi connectivity index (χ0n) is 25.2. The van der Waals surface area contributed by atoms with Gasteiger partial charge in [-0.05, 0) is 23.5 Å². The molecule has 0 bridgehead atoms. The molecule has 12 nitrogen and oxygen atoms in total. The highest BCUT2D eigenvalue weighted by Crippen LogP contribution is 2.28. The fraction of sp³-hybridized carbons (Fsp3) is 0.567. The Morgan fingerprint density at radius 3 is 2.23 bits per heavy atom. The second-order valence-electron chi connectivity index (χ2n) is 12.4. The van der Waals surface area contributed by atoms with Crippen molar-refractivity contribution in [1.29, 1.82) is 0 Å². The molecule has 3 amide bonds. The number of aliphatic hydroxyl groups is 1. The minimum Gasteiger partial charge on any atom is -0.480 e. The van der Waals surface area contributed by atoms with Gasteiger partial charge >= 0.3 is 5.97 Å². The molecule has 2 aliphatic rings. The van der Waals surface area contributed by atoms with Crippen molar-refractivity contribution >= 4 is 35.0 Å². The van der Waals surface area contributed by atoms with Gasteiger partial charge in [0.2, 0.25) is 17.7 Å². The Balaban J connectivity index is 1.35. The highest BCUT2D eigenvalue weighted by Gasteiger charge is 2.44. The van der Waals surface area contributed by atoms with Crippen LogP contribution >= 0.6 is 11.3 Å². The number of thiazole rings is 1. The summed E-state index contributed by atoms with van der Waals surface area (Å²) in [6.07, 6.45) is -0.730. The van der Waals surface area contributed by atoms with Gasteiger partial charge in [0.25, 0.3) is 0 Å². The lowest BCUT2D eigenvalue weighted by molar-refractivity contribution is -0.144. The van der Waals surface area contributed by atoms with Crippen molar-refractivity contribution in [2.75, 3.05) is 45.8 Å². The maximum absolute atomic E-state index is 13.8. The molecule has 43 heavy (non-hydrogen) atoms. The van der Waals surface area contributed by atoms with Crippen LogP contribution in [0, 0.1) is 12.3 Å². The lowest BCUT2D eigenvalue weighted by Gasteiger charge is -2.37. The number of β-amino-alcohol motifs (C(OH)–C–C–N with tert-alkyl or cyclic N) is 1. The van der Waals surface area contributed by atoms with Gasteiger partial charge in [0.1, 0.15) is 12.1 Å². The van der Waals surface area contributed by atoms with Crippen molar-refractivity contribution in [3.63, 3.8) is 0 Å². The second-order valence-corrected chi connectivity index (χ2v) is 13.2. The lowest BCUT2D eigenvalue weighted by Crippen LogP contribution is -2.59. The SMILES string of the molecule is Cc1ncsc1-c1ccc(CNC(=O)[C@@H]2C[C@@H](O)CN2C(=O)[C@@H](NC(=O)CN2CCN(CC(=O)O)CC2)C(C)(C)C)cc1. The molecule has 1 aromatic carbocycles. The van der Waals surface area contributed by atoms with Gasteiger partial charge in [-0.2, -0.15) is 0 Å².